The van der Waals surface area contributed by atoms with Gasteiger partial charge in [-0.05, 0) is 30.5 Å². The number of ether oxygens (including phenoxy) is 2. The number of benzene rings is 1. The highest BCUT2D eigenvalue weighted by atomic mass is 16.5. The second-order valence-corrected chi connectivity index (χ2v) is 3.62. The second-order valence-electron chi connectivity index (χ2n) is 3.62. The summed E-state index contributed by atoms with van der Waals surface area (Å²) in [5.41, 5.74) is 1.62. The van der Waals surface area contributed by atoms with Crippen LogP contribution in [0, 0.1) is 0 Å². The molecule has 0 saturated heterocycles. The number of hydrogen-bond donors (Lipinski definition) is 0. The van der Waals surface area contributed by atoms with E-state index >= 15 is 0 Å². The van der Waals surface area contributed by atoms with Crippen molar-refractivity contribution < 1.29 is 19.1 Å². The van der Waals surface area contributed by atoms with Crippen molar-refractivity contribution in [2.45, 2.75) is 19.3 Å². The molecule has 0 fully saturated rings. The molecule has 0 spiro atoms. The smallest absolute Gasteiger partial charge is 0.337 e. The molecule has 0 radical (unpaired) electrons. The van der Waals surface area contributed by atoms with E-state index in [4.69, 9.17) is 0 Å². The molecule has 0 saturated carbocycles. The normalized spacial score (nSPS) is 9.76. The van der Waals surface area contributed by atoms with E-state index in [1.165, 1.54) is 14.2 Å². The Kier molecular flexibility index (Phi) is 5.20. The van der Waals surface area contributed by atoms with Crippen molar-refractivity contribution in [2.24, 2.45) is 0 Å². The van der Waals surface area contributed by atoms with Crippen LogP contribution in [0.3, 0.4) is 0 Å². The molecule has 1 aromatic rings. The predicted octanol–water partition coefficient (Wildman–Crippen LogP) is 1.97. The van der Waals surface area contributed by atoms with Gasteiger partial charge in [0.2, 0.25) is 0 Å². The molecule has 0 atom stereocenters. The van der Waals surface area contributed by atoms with Crippen LogP contribution >= 0.6 is 0 Å². The lowest BCUT2D eigenvalue weighted by atomic mass is 10.1. The Morgan fingerprint density at radius 2 is 1.71 bits per heavy atom. The highest BCUT2D eigenvalue weighted by Crippen LogP contribution is 2.09. The first kappa shape index (κ1) is 13.2. The molecule has 0 bridgehead atoms. The summed E-state index contributed by atoms with van der Waals surface area (Å²) in [6, 6.07) is 7.17. The van der Waals surface area contributed by atoms with E-state index in [0.29, 0.717) is 12.0 Å². The SMILES string of the molecule is COC(=O)CCCc1ccc(C(=O)OC)cc1. The van der Waals surface area contributed by atoms with Crippen molar-refractivity contribution in [1.29, 1.82) is 0 Å². The van der Waals surface area contributed by atoms with Gasteiger partial charge in [0.1, 0.15) is 0 Å². The van der Waals surface area contributed by atoms with Gasteiger partial charge in [-0.25, -0.2) is 4.79 Å². The fourth-order valence-corrected chi connectivity index (χ4v) is 1.46. The maximum atomic E-state index is 11.2. The van der Waals surface area contributed by atoms with Crippen LogP contribution in [0.5, 0.6) is 0 Å². The number of rotatable bonds is 5. The van der Waals surface area contributed by atoms with Gasteiger partial charge in [0.15, 0.2) is 0 Å². The zero-order valence-electron chi connectivity index (χ0n) is 10.1. The third-order valence-electron chi connectivity index (χ3n) is 2.45. The zero-order valence-corrected chi connectivity index (χ0v) is 10.1. The quantitative estimate of drug-likeness (QED) is 0.733. The Balaban J connectivity index is 2.46. The molecule has 17 heavy (non-hydrogen) atoms. The summed E-state index contributed by atoms with van der Waals surface area (Å²) < 4.78 is 9.16. The molecule has 92 valence electrons. The van der Waals surface area contributed by atoms with Gasteiger partial charge in [-0.15, -0.1) is 0 Å². The van der Waals surface area contributed by atoms with E-state index < -0.39 is 0 Å². The van der Waals surface area contributed by atoms with Crippen LogP contribution in [0.4, 0.5) is 0 Å². The number of hydrogen-bond acceptors (Lipinski definition) is 4. The summed E-state index contributed by atoms with van der Waals surface area (Å²) in [5.74, 6) is -0.540. The minimum absolute atomic E-state index is 0.198. The monoisotopic (exact) mass is 236 g/mol. The summed E-state index contributed by atoms with van der Waals surface area (Å²) in [6.07, 6.45) is 1.94. The Morgan fingerprint density at radius 1 is 1.06 bits per heavy atom. The lowest BCUT2D eigenvalue weighted by molar-refractivity contribution is -0.140. The molecule has 0 heterocycles. The zero-order chi connectivity index (χ0) is 12.7. The minimum Gasteiger partial charge on any atom is -0.469 e. The van der Waals surface area contributed by atoms with Crippen molar-refractivity contribution in [3.8, 4) is 0 Å². The molecule has 0 amide bonds. The third-order valence-corrected chi connectivity index (χ3v) is 2.45. The Bertz CT molecular complexity index is 381. The highest BCUT2D eigenvalue weighted by Gasteiger charge is 2.05. The average molecular weight is 236 g/mol. The molecule has 0 aliphatic heterocycles. The van der Waals surface area contributed by atoms with Crippen LogP contribution < -0.4 is 0 Å². The molecule has 1 aromatic carbocycles. The van der Waals surface area contributed by atoms with Gasteiger partial charge < -0.3 is 9.47 Å². The number of esters is 2. The maximum absolute atomic E-state index is 11.2. The Hall–Kier alpha value is -1.84. The topological polar surface area (TPSA) is 52.6 Å². The van der Waals surface area contributed by atoms with E-state index in [1.807, 2.05) is 12.1 Å². The second kappa shape index (κ2) is 6.68. The molecule has 0 aromatic heterocycles. The van der Waals surface area contributed by atoms with Crippen molar-refractivity contribution in [3.63, 3.8) is 0 Å². The molecule has 4 heteroatoms. The van der Waals surface area contributed by atoms with E-state index in [1.54, 1.807) is 12.1 Å². The Labute approximate surface area is 101 Å². The van der Waals surface area contributed by atoms with Crippen LogP contribution in [-0.4, -0.2) is 26.2 Å². The highest BCUT2D eigenvalue weighted by molar-refractivity contribution is 5.89. The minimum atomic E-state index is -0.342. The van der Waals surface area contributed by atoms with Crippen LogP contribution in [0.15, 0.2) is 24.3 Å². The molecule has 1 rings (SSSR count). The standard InChI is InChI=1S/C13H16O4/c1-16-12(14)5-3-4-10-6-8-11(9-7-10)13(15)17-2/h6-9H,3-5H2,1-2H3. The third kappa shape index (κ3) is 4.26. The largest absolute Gasteiger partial charge is 0.469 e. The summed E-state index contributed by atoms with van der Waals surface area (Å²) >= 11 is 0. The number of carbonyl (C=O) groups excluding carboxylic acids is 2. The van der Waals surface area contributed by atoms with E-state index in [-0.39, 0.29) is 11.9 Å². The molecule has 0 aliphatic rings. The number of aryl methyl sites for hydroxylation is 1. The fraction of sp³-hybridized carbons (Fsp3) is 0.385. The number of carbonyl (C=O) groups is 2. The van der Waals surface area contributed by atoms with Crippen LogP contribution in [0.1, 0.15) is 28.8 Å². The first-order valence-electron chi connectivity index (χ1n) is 5.41. The lowest BCUT2D eigenvalue weighted by Gasteiger charge is -2.03. The van der Waals surface area contributed by atoms with Crippen molar-refractivity contribution in [3.05, 3.63) is 35.4 Å². The van der Waals surface area contributed by atoms with Gasteiger partial charge in [-0.1, -0.05) is 12.1 Å². The van der Waals surface area contributed by atoms with Crippen molar-refractivity contribution in [2.75, 3.05) is 14.2 Å². The molecular formula is C13H16O4. The molecular weight excluding hydrogens is 220 g/mol. The molecule has 0 unspecified atom stereocenters. The van der Waals surface area contributed by atoms with Crippen LogP contribution in [0.2, 0.25) is 0 Å². The van der Waals surface area contributed by atoms with Crippen LogP contribution in [-0.2, 0) is 20.7 Å². The van der Waals surface area contributed by atoms with Gasteiger partial charge in [-0.3, -0.25) is 4.79 Å². The van der Waals surface area contributed by atoms with Gasteiger partial charge in [0, 0.05) is 6.42 Å². The van der Waals surface area contributed by atoms with E-state index in [9.17, 15) is 9.59 Å². The predicted molar refractivity (Wildman–Crippen MR) is 62.7 cm³/mol. The van der Waals surface area contributed by atoms with E-state index in [0.717, 1.165) is 18.4 Å². The maximum Gasteiger partial charge on any atom is 0.337 e. The Morgan fingerprint density at radius 3 is 2.24 bits per heavy atom. The lowest BCUT2D eigenvalue weighted by Crippen LogP contribution is -2.02. The number of methoxy groups -OCH3 is 2. The van der Waals surface area contributed by atoms with Gasteiger partial charge in [0.05, 0.1) is 19.8 Å². The molecule has 0 N–H and O–H groups in total. The van der Waals surface area contributed by atoms with Gasteiger partial charge in [0.25, 0.3) is 0 Å². The van der Waals surface area contributed by atoms with Gasteiger partial charge >= 0.3 is 11.9 Å². The summed E-state index contributed by atoms with van der Waals surface area (Å²) in [6.45, 7) is 0. The summed E-state index contributed by atoms with van der Waals surface area (Å²) in [7, 11) is 2.74. The van der Waals surface area contributed by atoms with Gasteiger partial charge in [-0.2, -0.15) is 0 Å². The first-order chi connectivity index (χ1) is 8.17. The summed E-state index contributed by atoms with van der Waals surface area (Å²) in [5, 5.41) is 0. The average Bonchev–Trinajstić information content (AvgIpc) is 2.38. The van der Waals surface area contributed by atoms with Crippen LogP contribution in [0.25, 0.3) is 0 Å². The van der Waals surface area contributed by atoms with Crippen molar-refractivity contribution >= 4 is 11.9 Å². The first-order valence-corrected chi connectivity index (χ1v) is 5.41. The van der Waals surface area contributed by atoms with E-state index in [2.05, 4.69) is 9.47 Å². The molecule has 0 aliphatic carbocycles. The fourth-order valence-electron chi connectivity index (χ4n) is 1.46. The van der Waals surface area contributed by atoms with Crippen molar-refractivity contribution in [1.82, 2.24) is 0 Å². The summed E-state index contributed by atoms with van der Waals surface area (Å²) in [4.78, 5) is 22.1. The molecule has 4 nitrogen and oxygen atoms in total.